The Kier molecular flexibility index (Phi) is 5.26. The lowest BCUT2D eigenvalue weighted by atomic mass is 10.1. The van der Waals surface area contributed by atoms with Crippen LogP contribution in [0.4, 0.5) is 0 Å². The highest BCUT2D eigenvalue weighted by atomic mass is 16.4. The van der Waals surface area contributed by atoms with Gasteiger partial charge in [0, 0.05) is 23.2 Å². The van der Waals surface area contributed by atoms with Crippen LogP contribution in [0.2, 0.25) is 0 Å². The third-order valence-corrected chi connectivity index (χ3v) is 5.44. The molecule has 1 aliphatic carbocycles. The molecule has 1 fully saturated rings. The van der Waals surface area contributed by atoms with Crippen LogP contribution in [0.1, 0.15) is 29.6 Å². The van der Waals surface area contributed by atoms with Gasteiger partial charge in [-0.3, -0.25) is 4.79 Å². The van der Waals surface area contributed by atoms with Crippen molar-refractivity contribution in [1.82, 2.24) is 15.2 Å². The summed E-state index contributed by atoms with van der Waals surface area (Å²) in [5, 5.41) is 3.19. The van der Waals surface area contributed by atoms with Crippen LogP contribution in [-0.2, 0) is 0 Å². The molecule has 0 aliphatic heterocycles. The molecule has 2 atom stereocenters. The van der Waals surface area contributed by atoms with Crippen LogP contribution >= 0.6 is 0 Å². The van der Waals surface area contributed by atoms with Gasteiger partial charge in [0.2, 0.25) is 5.89 Å². The molecule has 1 saturated carbocycles. The fourth-order valence-corrected chi connectivity index (χ4v) is 3.82. The van der Waals surface area contributed by atoms with Crippen molar-refractivity contribution in [3.63, 3.8) is 0 Å². The number of aromatic nitrogens is 1. The second-order valence-electron chi connectivity index (χ2n) is 7.54. The van der Waals surface area contributed by atoms with Gasteiger partial charge in [0.25, 0.3) is 5.91 Å². The van der Waals surface area contributed by atoms with Crippen molar-refractivity contribution in [3.05, 3.63) is 66.4 Å². The zero-order valence-corrected chi connectivity index (χ0v) is 16.3. The van der Waals surface area contributed by atoms with Gasteiger partial charge in [-0.05, 0) is 45.5 Å². The predicted molar refractivity (Wildman–Crippen MR) is 110 cm³/mol. The van der Waals surface area contributed by atoms with Crippen molar-refractivity contribution in [2.45, 2.75) is 31.3 Å². The molecular formula is C23H25N3O2. The summed E-state index contributed by atoms with van der Waals surface area (Å²) in [5.41, 5.74) is 2.27. The van der Waals surface area contributed by atoms with E-state index in [-0.39, 0.29) is 11.9 Å². The second kappa shape index (κ2) is 7.98. The van der Waals surface area contributed by atoms with Gasteiger partial charge in [-0.2, -0.15) is 0 Å². The quantitative estimate of drug-likeness (QED) is 0.725. The molecule has 0 saturated heterocycles. The molecule has 5 nitrogen and oxygen atoms in total. The highest BCUT2D eigenvalue weighted by Crippen LogP contribution is 2.29. The number of oxazole rings is 1. The van der Waals surface area contributed by atoms with Gasteiger partial charge in [0.15, 0.2) is 5.76 Å². The molecule has 1 aromatic heterocycles. The number of rotatable bonds is 5. The number of carbonyl (C=O) groups excluding carboxylic acids is 1. The number of amides is 1. The Morgan fingerprint density at radius 2 is 1.82 bits per heavy atom. The first-order valence-electron chi connectivity index (χ1n) is 9.70. The monoisotopic (exact) mass is 375 g/mol. The molecular weight excluding hydrogens is 350 g/mol. The van der Waals surface area contributed by atoms with Crippen molar-refractivity contribution in [2.75, 3.05) is 14.1 Å². The normalized spacial score (nSPS) is 19.1. The standard InChI is InChI=1S/C23H25N3O2/c1-26(2)18-13-12-17(14-18)25-22(27)19-10-6-7-11-20(19)23-24-15-21(28-23)16-8-4-3-5-9-16/h3-11,15,17-18H,12-14H2,1-2H3,(H,25,27). The van der Waals surface area contributed by atoms with Gasteiger partial charge in [-0.25, -0.2) is 4.98 Å². The van der Waals surface area contributed by atoms with Crippen LogP contribution in [0.5, 0.6) is 0 Å². The summed E-state index contributed by atoms with van der Waals surface area (Å²) in [7, 11) is 4.19. The summed E-state index contributed by atoms with van der Waals surface area (Å²) in [6.45, 7) is 0. The van der Waals surface area contributed by atoms with Crippen LogP contribution in [0, 0.1) is 0 Å². The van der Waals surface area contributed by atoms with E-state index in [9.17, 15) is 4.79 Å². The molecule has 0 spiro atoms. The number of nitrogens with one attached hydrogen (secondary N) is 1. The van der Waals surface area contributed by atoms with Gasteiger partial charge in [0.1, 0.15) is 0 Å². The average Bonchev–Trinajstić information content (AvgIpc) is 3.38. The Balaban J connectivity index is 1.54. The van der Waals surface area contributed by atoms with Crippen molar-refractivity contribution >= 4 is 5.91 Å². The zero-order valence-electron chi connectivity index (χ0n) is 16.3. The Morgan fingerprint density at radius 3 is 2.57 bits per heavy atom. The van der Waals surface area contributed by atoms with Crippen molar-refractivity contribution in [1.29, 1.82) is 0 Å². The highest BCUT2D eigenvalue weighted by Gasteiger charge is 2.28. The molecule has 1 heterocycles. The van der Waals surface area contributed by atoms with E-state index in [2.05, 4.69) is 29.3 Å². The minimum absolute atomic E-state index is 0.0699. The number of hydrogen-bond donors (Lipinski definition) is 1. The Labute approximate surface area is 165 Å². The molecule has 1 N–H and O–H groups in total. The minimum atomic E-state index is -0.0699. The van der Waals surface area contributed by atoms with Gasteiger partial charge < -0.3 is 14.6 Å². The summed E-state index contributed by atoms with van der Waals surface area (Å²) in [5.74, 6) is 1.08. The van der Waals surface area contributed by atoms with E-state index < -0.39 is 0 Å². The van der Waals surface area contributed by atoms with Crippen LogP contribution in [-0.4, -0.2) is 42.0 Å². The Bertz CT molecular complexity index is 949. The zero-order chi connectivity index (χ0) is 19.5. The highest BCUT2D eigenvalue weighted by molar-refractivity contribution is 6.00. The SMILES string of the molecule is CN(C)C1CCC(NC(=O)c2ccccc2-c2ncc(-c3ccccc3)o2)C1. The maximum atomic E-state index is 13.0. The number of benzene rings is 2. The lowest BCUT2D eigenvalue weighted by Gasteiger charge is -2.19. The molecule has 144 valence electrons. The fourth-order valence-electron chi connectivity index (χ4n) is 3.82. The fraction of sp³-hybridized carbons (Fsp3) is 0.304. The van der Waals surface area contributed by atoms with Gasteiger partial charge >= 0.3 is 0 Å². The molecule has 0 radical (unpaired) electrons. The van der Waals surface area contributed by atoms with Crippen molar-refractivity contribution in [3.8, 4) is 22.8 Å². The van der Waals surface area contributed by atoms with E-state index in [1.54, 1.807) is 6.20 Å². The molecule has 2 aromatic carbocycles. The molecule has 1 aliphatic rings. The first-order chi connectivity index (χ1) is 13.6. The largest absolute Gasteiger partial charge is 0.436 e. The lowest BCUT2D eigenvalue weighted by Crippen LogP contribution is -2.35. The van der Waals surface area contributed by atoms with Crippen LogP contribution < -0.4 is 5.32 Å². The van der Waals surface area contributed by atoms with Gasteiger partial charge in [-0.15, -0.1) is 0 Å². The summed E-state index contributed by atoms with van der Waals surface area (Å²) in [6, 6.07) is 18.1. The third-order valence-electron chi connectivity index (χ3n) is 5.44. The summed E-state index contributed by atoms with van der Waals surface area (Å²) in [6.07, 6.45) is 4.81. The third kappa shape index (κ3) is 3.85. The van der Waals surface area contributed by atoms with Gasteiger partial charge in [-0.1, -0.05) is 42.5 Å². The molecule has 1 amide bonds. The van der Waals surface area contributed by atoms with E-state index in [0.29, 0.717) is 28.8 Å². The number of carbonyl (C=O) groups is 1. The summed E-state index contributed by atoms with van der Waals surface area (Å²) >= 11 is 0. The minimum Gasteiger partial charge on any atom is -0.436 e. The topological polar surface area (TPSA) is 58.4 Å². The predicted octanol–water partition coefficient (Wildman–Crippen LogP) is 4.22. The van der Waals surface area contributed by atoms with E-state index in [1.165, 1.54) is 0 Å². The van der Waals surface area contributed by atoms with Gasteiger partial charge in [0.05, 0.1) is 11.8 Å². The van der Waals surface area contributed by atoms with Crippen LogP contribution in [0.3, 0.4) is 0 Å². The van der Waals surface area contributed by atoms with Crippen LogP contribution in [0.15, 0.2) is 65.2 Å². The average molecular weight is 375 g/mol. The first-order valence-corrected chi connectivity index (χ1v) is 9.70. The van der Waals surface area contributed by atoms with E-state index >= 15 is 0 Å². The molecule has 4 rings (SSSR count). The summed E-state index contributed by atoms with van der Waals surface area (Å²) in [4.78, 5) is 19.6. The molecule has 0 bridgehead atoms. The lowest BCUT2D eigenvalue weighted by molar-refractivity contribution is 0.0937. The van der Waals surface area contributed by atoms with Crippen molar-refractivity contribution in [2.24, 2.45) is 0 Å². The molecule has 5 heteroatoms. The second-order valence-corrected chi connectivity index (χ2v) is 7.54. The van der Waals surface area contributed by atoms with Crippen molar-refractivity contribution < 1.29 is 9.21 Å². The number of hydrogen-bond acceptors (Lipinski definition) is 4. The smallest absolute Gasteiger partial charge is 0.252 e. The Morgan fingerprint density at radius 1 is 1.07 bits per heavy atom. The van der Waals surface area contributed by atoms with E-state index in [0.717, 1.165) is 24.8 Å². The van der Waals surface area contributed by atoms with Crippen LogP contribution in [0.25, 0.3) is 22.8 Å². The molecule has 2 unspecified atom stereocenters. The molecule has 3 aromatic rings. The molecule has 28 heavy (non-hydrogen) atoms. The maximum Gasteiger partial charge on any atom is 0.252 e. The first kappa shape index (κ1) is 18.4. The van der Waals surface area contributed by atoms with E-state index in [4.69, 9.17) is 4.42 Å². The Hall–Kier alpha value is -2.92. The number of nitrogens with zero attached hydrogens (tertiary/aromatic N) is 2. The maximum absolute atomic E-state index is 13.0. The van der Waals surface area contributed by atoms with E-state index in [1.807, 2.05) is 54.6 Å². The summed E-state index contributed by atoms with van der Waals surface area (Å²) < 4.78 is 5.97.